The fourth-order valence-corrected chi connectivity index (χ4v) is 3.58. The van der Waals surface area contributed by atoms with Crippen LogP contribution in [-0.4, -0.2) is 68.7 Å². The van der Waals surface area contributed by atoms with Gasteiger partial charge >= 0.3 is 12.1 Å². The summed E-state index contributed by atoms with van der Waals surface area (Å²) in [6.45, 7) is 2.10. The predicted molar refractivity (Wildman–Crippen MR) is 74.7 cm³/mol. The Hall–Kier alpha value is -1.19. The Kier molecular flexibility index (Phi) is 5.74. The summed E-state index contributed by atoms with van der Waals surface area (Å²) in [4.78, 5) is 22.0. The number of methoxy groups -OCH3 is 1. The first-order valence-electron chi connectivity index (χ1n) is 6.49. The van der Waals surface area contributed by atoms with E-state index in [0.29, 0.717) is 26.4 Å². The summed E-state index contributed by atoms with van der Waals surface area (Å²) in [5.74, 6) is 0.925. The maximum atomic E-state index is 11.2. The number of rotatable bonds is 7. The molecule has 4 N–H and O–H groups in total. The second-order valence-corrected chi connectivity index (χ2v) is 5.83. The molecule has 3 unspecified atom stereocenters. The van der Waals surface area contributed by atoms with E-state index in [1.807, 2.05) is 11.8 Å². The van der Waals surface area contributed by atoms with Crippen LogP contribution in [0.25, 0.3) is 0 Å². The summed E-state index contributed by atoms with van der Waals surface area (Å²) in [5, 5.41) is 11.7. The maximum absolute atomic E-state index is 11.2. The molecule has 0 aromatic carbocycles. The van der Waals surface area contributed by atoms with Crippen molar-refractivity contribution in [3.05, 3.63) is 0 Å². The van der Waals surface area contributed by atoms with Gasteiger partial charge in [0.2, 0.25) is 0 Å². The molecule has 2 heterocycles. The number of thioether (sulfide) groups is 1. The minimum absolute atomic E-state index is 0.0858. The SMILES string of the molecule is COC(=O)NCCNCOCC1SCC2NC(=O)NC21. The van der Waals surface area contributed by atoms with Crippen molar-refractivity contribution in [1.82, 2.24) is 21.3 Å². The highest BCUT2D eigenvalue weighted by atomic mass is 32.2. The highest BCUT2D eigenvalue weighted by Gasteiger charge is 2.42. The summed E-state index contributed by atoms with van der Waals surface area (Å²) < 4.78 is 9.98. The zero-order valence-electron chi connectivity index (χ0n) is 11.3. The van der Waals surface area contributed by atoms with Crippen LogP contribution in [0.2, 0.25) is 0 Å². The van der Waals surface area contributed by atoms with Crippen LogP contribution in [0, 0.1) is 0 Å². The lowest BCUT2D eigenvalue weighted by Gasteiger charge is -2.17. The Morgan fingerprint density at radius 2 is 2.30 bits per heavy atom. The van der Waals surface area contributed by atoms with Crippen LogP contribution in [0.3, 0.4) is 0 Å². The van der Waals surface area contributed by atoms with Crippen LogP contribution in [0.1, 0.15) is 0 Å². The molecule has 0 bridgehead atoms. The van der Waals surface area contributed by atoms with Crippen LogP contribution in [-0.2, 0) is 9.47 Å². The molecule has 2 saturated heterocycles. The van der Waals surface area contributed by atoms with Gasteiger partial charge in [-0.2, -0.15) is 11.8 Å². The summed E-state index contributed by atoms with van der Waals surface area (Å²) in [6, 6.07) is 0.295. The smallest absolute Gasteiger partial charge is 0.406 e. The summed E-state index contributed by atoms with van der Waals surface area (Å²) in [6.07, 6.45) is -0.439. The number of hydrogen-bond acceptors (Lipinski definition) is 6. The summed E-state index contributed by atoms with van der Waals surface area (Å²) in [5.41, 5.74) is 0. The Balaban J connectivity index is 1.49. The number of ether oxygens (including phenoxy) is 2. The number of urea groups is 1. The van der Waals surface area contributed by atoms with Crippen LogP contribution >= 0.6 is 11.8 Å². The molecule has 2 aliphatic heterocycles. The first-order valence-corrected chi connectivity index (χ1v) is 7.54. The number of carbonyl (C=O) groups is 2. The Morgan fingerprint density at radius 3 is 3.10 bits per heavy atom. The molecular weight excluding hydrogens is 284 g/mol. The van der Waals surface area contributed by atoms with Crippen molar-refractivity contribution in [2.45, 2.75) is 17.3 Å². The first-order chi connectivity index (χ1) is 9.70. The number of carbonyl (C=O) groups excluding carboxylic acids is 2. The topological polar surface area (TPSA) is 101 Å². The fourth-order valence-electron chi connectivity index (χ4n) is 2.18. The average Bonchev–Trinajstić information content (AvgIpc) is 2.97. The zero-order chi connectivity index (χ0) is 14.4. The minimum Gasteiger partial charge on any atom is -0.453 e. The number of alkyl carbamates (subject to hydrolysis) is 1. The third-order valence-electron chi connectivity index (χ3n) is 3.18. The highest BCUT2D eigenvalue weighted by molar-refractivity contribution is 8.00. The lowest BCUT2D eigenvalue weighted by atomic mass is 10.1. The van der Waals surface area contributed by atoms with Gasteiger partial charge in [0.15, 0.2) is 0 Å². The van der Waals surface area contributed by atoms with E-state index in [1.54, 1.807) is 0 Å². The number of fused-ring (bicyclic) bond motifs is 1. The standard InChI is InChI=1S/C11H20N4O4S/c1-18-11(17)13-3-2-12-6-19-4-8-9-7(5-20-8)14-10(16)15-9/h7-9,12H,2-6H2,1H3,(H,13,17)(H2,14,15,16). The Morgan fingerprint density at radius 1 is 1.45 bits per heavy atom. The monoisotopic (exact) mass is 304 g/mol. The molecule has 0 aromatic rings. The van der Waals surface area contributed by atoms with E-state index in [1.165, 1.54) is 7.11 Å². The second kappa shape index (κ2) is 7.55. The van der Waals surface area contributed by atoms with Gasteiger partial charge in [0.25, 0.3) is 0 Å². The number of amides is 3. The van der Waals surface area contributed by atoms with Crippen LogP contribution in [0.15, 0.2) is 0 Å². The first kappa shape index (κ1) is 15.2. The van der Waals surface area contributed by atoms with Gasteiger partial charge in [0.1, 0.15) is 0 Å². The van der Waals surface area contributed by atoms with Gasteiger partial charge in [-0.25, -0.2) is 9.59 Å². The number of hydrogen-bond donors (Lipinski definition) is 4. The molecule has 8 nitrogen and oxygen atoms in total. The molecule has 0 aliphatic carbocycles. The molecule has 0 radical (unpaired) electrons. The molecule has 0 saturated carbocycles. The molecular formula is C11H20N4O4S. The van der Waals surface area contributed by atoms with Gasteiger partial charge in [0.05, 0.1) is 37.8 Å². The van der Waals surface area contributed by atoms with Crippen LogP contribution < -0.4 is 21.3 Å². The van der Waals surface area contributed by atoms with E-state index >= 15 is 0 Å². The minimum atomic E-state index is -0.439. The molecule has 9 heteroatoms. The quantitative estimate of drug-likeness (QED) is 0.275. The fraction of sp³-hybridized carbons (Fsp3) is 0.818. The van der Waals surface area contributed by atoms with E-state index in [2.05, 4.69) is 26.0 Å². The largest absolute Gasteiger partial charge is 0.453 e. The van der Waals surface area contributed by atoms with Gasteiger partial charge < -0.3 is 25.4 Å². The summed E-state index contributed by atoms with van der Waals surface area (Å²) >= 11 is 1.81. The lowest BCUT2D eigenvalue weighted by Crippen LogP contribution is -2.39. The molecule has 20 heavy (non-hydrogen) atoms. The summed E-state index contributed by atoms with van der Waals surface area (Å²) in [7, 11) is 1.33. The molecule has 2 rings (SSSR count). The number of nitrogens with one attached hydrogen (secondary N) is 4. The Bertz CT molecular complexity index is 357. The van der Waals surface area contributed by atoms with E-state index in [4.69, 9.17) is 4.74 Å². The van der Waals surface area contributed by atoms with Crippen LogP contribution in [0.5, 0.6) is 0 Å². The van der Waals surface area contributed by atoms with Crippen molar-refractivity contribution >= 4 is 23.9 Å². The van der Waals surface area contributed by atoms with Crippen molar-refractivity contribution in [2.24, 2.45) is 0 Å². The molecule has 3 amide bonds. The van der Waals surface area contributed by atoms with Crippen molar-refractivity contribution < 1.29 is 19.1 Å². The Labute approximate surface area is 121 Å². The lowest BCUT2D eigenvalue weighted by molar-refractivity contribution is 0.113. The van der Waals surface area contributed by atoms with Crippen molar-refractivity contribution in [3.63, 3.8) is 0 Å². The molecule has 114 valence electrons. The van der Waals surface area contributed by atoms with Gasteiger partial charge in [0, 0.05) is 18.8 Å². The normalized spacial score (nSPS) is 27.6. The molecule has 0 aromatic heterocycles. The van der Waals surface area contributed by atoms with Crippen LogP contribution in [0.4, 0.5) is 9.59 Å². The molecule has 0 spiro atoms. The third kappa shape index (κ3) is 4.15. The third-order valence-corrected chi connectivity index (χ3v) is 4.59. The van der Waals surface area contributed by atoms with E-state index < -0.39 is 6.09 Å². The van der Waals surface area contributed by atoms with Gasteiger partial charge in [-0.3, -0.25) is 5.32 Å². The predicted octanol–water partition coefficient (Wildman–Crippen LogP) is -0.928. The average molecular weight is 304 g/mol. The molecule has 3 atom stereocenters. The van der Waals surface area contributed by atoms with E-state index in [9.17, 15) is 9.59 Å². The van der Waals surface area contributed by atoms with Gasteiger partial charge in [-0.15, -0.1) is 0 Å². The van der Waals surface area contributed by atoms with E-state index in [-0.39, 0.29) is 23.4 Å². The second-order valence-electron chi connectivity index (χ2n) is 4.56. The van der Waals surface area contributed by atoms with Crippen molar-refractivity contribution in [2.75, 3.05) is 39.3 Å². The highest BCUT2D eigenvalue weighted by Crippen LogP contribution is 2.29. The molecule has 2 fully saturated rings. The van der Waals surface area contributed by atoms with E-state index in [0.717, 1.165) is 5.75 Å². The zero-order valence-corrected chi connectivity index (χ0v) is 12.1. The van der Waals surface area contributed by atoms with Gasteiger partial charge in [-0.05, 0) is 0 Å². The maximum Gasteiger partial charge on any atom is 0.406 e. The van der Waals surface area contributed by atoms with Crippen molar-refractivity contribution in [1.29, 1.82) is 0 Å². The molecule has 2 aliphatic rings. The van der Waals surface area contributed by atoms with Gasteiger partial charge in [-0.1, -0.05) is 0 Å². The van der Waals surface area contributed by atoms with Crippen molar-refractivity contribution in [3.8, 4) is 0 Å².